The van der Waals surface area contributed by atoms with Crippen LogP contribution in [0.25, 0.3) is 0 Å². The van der Waals surface area contributed by atoms with Crippen LogP contribution in [0.15, 0.2) is 94.0 Å². The fourth-order valence-corrected chi connectivity index (χ4v) is 8.02. The largest absolute Gasteiger partial charge is 0.480 e. The van der Waals surface area contributed by atoms with Crippen molar-refractivity contribution in [3.05, 3.63) is 105 Å². The Morgan fingerprint density at radius 3 is 2.35 bits per heavy atom. The van der Waals surface area contributed by atoms with Crippen molar-refractivity contribution in [2.45, 2.75) is 57.0 Å². The normalized spacial score (nSPS) is 22.4. The van der Waals surface area contributed by atoms with Gasteiger partial charge in [-0.1, -0.05) is 109 Å². The van der Waals surface area contributed by atoms with Gasteiger partial charge in [0, 0.05) is 27.5 Å². The SMILES string of the molecule is CC(C)(C)C1C=C(C(=O)N[C@@H](Cc2ccccc2)C(=O)O)C(c2ccc(Br)cc2)N1S(=O)(=O)C1CC=CC=C1Cl. The molecule has 0 fully saturated rings. The molecule has 2 N–H and O–H groups in total. The zero-order valence-corrected chi connectivity index (χ0v) is 25.6. The number of rotatable bonds is 8. The van der Waals surface area contributed by atoms with E-state index in [1.807, 2.05) is 26.8 Å². The van der Waals surface area contributed by atoms with Gasteiger partial charge in [0.25, 0.3) is 0 Å². The molecule has 4 atom stereocenters. The van der Waals surface area contributed by atoms with Crippen LogP contribution < -0.4 is 5.32 Å². The number of sulfonamides is 1. The second kappa shape index (κ2) is 12.0. The molecule has 212 valence electrons. The van der Waals surface area contributed by atoms with Crippen molar-refractivity contribution in [2.24, 2.45) is 5.41 Å². The fraction of sp³-hybridized carbons (Fsp3) is 0.333. The van der Waals surface area contributed by atoms with Gasteiger partial charge in [0.2, 0.25) is 15.9 Å². The van der Waals surface area contributed by atoms with Gasteiger partial charge in [-0.15, -0.1) is 0 Å². The molecular weight excluding hydrogens is 616 g/mol. The second-order valence-corrected chi connectivity index (χ2v) is 14.4. The Hall–Kier alpha value is -2.72. The van der Waals surface area contributed by atoms with Crippen LogP contribution in [0, 0.1) is 5.41 Å². The predicted octanol–water partition coefficient (Wildman–Crippen LogP) is 5.74. The number of hydrogen-bond donors (Lipinski definition) is 2. The van der Waals surface area contributed by atoms with Crippen molar-refractivity contribution in [1.82, 2.24) is 9.62 Å². The summed E-state index contributed by atoms with van der Waals surface area (Å²) in [5.74, 6) is -1.81. The smallest absolute Gasteiger partial charge is 0.326 e. The number of carboxylic acids is 1. The van der Waals surface area contributed by atoms with E-state index in [-0.39, 0.29) is 23.4 Å². The van der Waals surface area contributed by atoms with Gasteiger partial charge >= 0.3 is 5.97 Å². The van der Waals surface area contributed by atoms with E-state index in [4.69, 9.17) is 11.6 Å². The van der Waals surface area contributed by atoms with Crippen LogP contribution in [0.4, 0.5) is 0 Å². The lowest BCUT2D eigenvalue weighted by atomic mass is 9.87. The van der Waals surface area contributed by atoms with Crippen LogP contribution in [-0.2, 0) is 26.0 Å². The predicted molar refractivity (Wildman–Crippen MR) is 160 cm³/mol. The van der Waals surface area contributed by atoms with Gasteiger partial charge in [0.05, 0.1) is 6.04 Å². The standard InChI is InChI=1S/C30H32BrClN2O5S/c1-30(2,3)26-18-22(28(35)33-24(29(36)37)17-19-9-5-4-6-10-19)27(20-13-15-21(31)16-14-20)34(26)40(38,39)25-12-8-7-11-23(25)32/h4-11,13-16,18,24-27H,12,17H2,1-3H3,(H,33,35)(H,36,37)/t24-,25?,26?,27?/m0/s1. The molecule has 0 saturated carbocycles. The highest BCUT2D eigenvalue weighted by Gasteiger charge is 2.51. The van der Waals surface area contributed by atoms with Gasteiger partial charge in [0.15, 0.2) is 0 Å². The first-order valence-electron chi connectivity index (χ1n) is 12.9. The van der Waals surface area contributed by atoms with Crippen molar-refractivity contribution in [3.8, 4) is 0 Å². The van der Waals surface area contributed by atoms with E-state index in [9.17, 15) is 23.1 Å². The van der Waals surface area contributed by atoms with Crippen LogP contribution in [0.5, 0.6) is 0 Å². The van der Waals surface area contributed by atoms with Crippen LogP contribution in [0.3, 0.4) is 0 Å². The molecule has 2 aromatic rings. The molecule has 1 aliphatic heterocycles. The van der Waals surface area contributed by atoms with E-state index in [0.717, 1.165) is 10.0 Å². The number of hydrogen-bond acceptors (Lipinski definition) is 4. The lowest BCUT2D eigenvalue weighted by molar-refractivity contribution is -0.141. The molecule has 1 aliphatic carbocycles. The Labute approximate surface area is 248 Å². The van der Waals surface area contributed by atoms with Gasteiger partial charge < -0.3 is 10.4 Å². The summed E-state index contributed by atoms with van der Waals surface area (Å²) in [6.45, 7) is 5.72. The Bertz CT molecular complexity index is 1460. The van der Waals surface area contributed by atoms with Crippen LogP contribution >= 0.6 is 27.5 Å². The maximum absolute atomic E-state index is 14.3. The van der Waals surface area contributed by atoms with E-state index < -0.39 is 50.7 Å². The minimum absolute atomic E-state index is 0.0810. The summed E-state index contributed by atoms with van der Waals surface area (Å²) in [6, 6.07) is 13.2. The quantitative estimate of drug-likeness (QED) is 0.381. The van der Waals surface area contributed by atoms with E-state index in [1.165, 1.54) is 4.31 Å². The van der Waals surface area contributed by atoms with Gasteiger partial charge in [0.1, 0.15) is 11.3 Å². The summed E-state index contributed by atoms with van der Waals surface area (Å²) in [7, 11) is -4.09. The molecule has 2 aliphatic rings. The number of allylic oxidation sites excluding steroid dienone is 3. The first-order valence-corrected chi connectivity index (χ1v) is 15.6. The number of halogens is 2. The van der Waals surface area contributed by atoms with Crippen molar-refractivity contribution in [1.29, 1.82) is 0 Å². The Kier molecular flexibility index (Phi) is 9.09. The monoisotopic (exact) mass is 646 g/mol. The molecule has 0 bridgehead atoms. The molecule has 0 saturated heterocycles. The highest BCUT2D eigenvalue weighted by Crippen LogP contribution is 2.47. The molecule has 0 aromatic heterocycles. The summed E-state index contributed by atoms with van der Waals surface area (Å²) in [6.07, 6.45) is 7.01. The summed E-state index contributed by atoms with van der Waals surface area (Å²) in [5, 5.41) is 11.8. The molecule has 1 heterocycles. The lowest BCUT2D eigenvalue weighted by Gasteiger charge is -2.39. The maximum atomic E-state index is 14.3. The van der Waals surface area contributed by atoms with Gasteiger partial charge in [-0.05, 0) is 41.2 Å². The summed E-state index contributed by atoms with van der Waals surface area (Å²) in [5.41, 5.74) is 0.918. The molecule has 7 nitrogen and oxygen atoms in total. The Morgan fingerprint density at radius 2 is 1.77 bits per heavy atom. The summed E-state index contributed by atoms with van der Waals surface area (Å²) >= 11 is 9.86. The highest BCUT2D eigenvalue weighted by molar-refractivity contribution is 9.10. The molecule has 0 radical (unpaired) electrons. The fourth-order valence-electron chi connectivity index (χ4n) is 5.03. The van der Waals surface area contributed by atoms with E-state index >= 15 is 0 Å². The molecule has 10 heteroatoms. The number of nitrogens with zero attached hydrogens (tertiary/aromatic N) is 1. The number of nitrogens with one attached hydrogen (secondary N) is 1. The average molecular weight is 648 g/mol. The first kappa shape index (κ1) is 30.2. The third-order valence-electron chi connectivity index (χ3n) is 7.08. The van der Waals surface area contributed by atoms with E-state index in [1.54, 1.807) is 72.8 Å². The molecule has 40 heavy (non-hydrogen) atoms. The molecule has 1 amide bonds. The first-order chi connectivity index (χ1) is 18.8. The Morgan fingerprint density at radius 1 is 1.12 bits per heavy atom. The lowest BCUT2D eigenvalue weighted by Crippen LogP contribution is -2.49. The molecular formula is C30H32BrClN2O5S. The van der Waals surface area contributed by atoms with Crippen LogP contribution in [0.1, 0.15) is 44.4 Å². The molecule has 3 unspecified atom stereocenters. The van der Waals surface area contributed by atoms with Crippen molar-refractivity contribution >= 4 is 49.4 Å². The zero-order valence-electron chi connectivity index (χ0n) is 22.4. The third-order valence-corrected chi connectivity index (χ3v) is 10.3. The van der Waals surface area contributed by atoms with E-state index in [2.05, 4.69) is 21.2 Å². The van der Waals surface area contributed by atoms with Gasteiger partial charge in [-0.3, -0.25) is 4.79 Å². The maximum Gasteiger partial charge on any atom is 0.326 e. The number of carboxylic acid groups (broad SMARTS) is 1. The summed E-state index contributed by atoms with van der Waals surface area (Å²) < 4.78 is 30.9. The van der Waals surface area contributed by atoms with Crippen molar-refractivity contribution in [3.63, 3.8) is 0 Å². The molecule has 2 aromatic carbocycles. The molecule has 4 rings (SSSR count). The number of carbonyl (C=O) groups is 2. The topological polar surface area (TPSA) is 104 Å². The van der Waals surface area contributed by atoms with Crippen LogP contribution in [0.2, 0.25) is 0 Å². The third kappa shape index (κ3) is 6.43. The number of benzene rings is 2. The highest BCUT2D eigenvalue weighted by atomic mass is 79.9. The number of aliphatic carboxylic acids is 1. The zero-order chi connectivity index (χ0) is 29.2. The average Bonchev–Trinajstić information content (AvgIpc) is 3.32. The number of carbonyl (C=O) groups excluding carboxylic acids is 1. The van der Waals surface area contributed by atoms with Crippen LogP contribution in [-0.4, -0.2) is 47.0 Å². The summed E-state index contributed by atoms with van der Waals surface area (Å²) in [4.78, 5) is 26.0. The molecule has 0 spiro atoms. The van der Waals surface area contributed by atoms with Crippen molar-refractivity contribution < 1.29 is 23.1 Å². The second-order valence-electron chi connectivity index (χ2n) is 11.0. The van der Waals surface area contributed by atoms with Gasteiger partial charge in [-0.2, -0.15) is 4.31 Å². The van der Waals surface area contributed by atoms with E-state index in [0.29, 0.717) is 5.56 Å². The Balaban J connectivity index is 1.79. The van der Waals surface area contributed by atoms with Gasteiger partial charge in [-0.25, -0.2) is 13.2 Å². The minimum atomic E-state index is -4.09. The minimum Gasteiger partial charge on any atom is -0.480 e. The number of amides is 1. The van der Waals surface area contributed by atoms with Crippen molar-refractivity contribution in [2.75, 3.05) is 0 Å².